The summed E-state index contributed by atoms with van der Waals surface area (Å²) in [6, 6.07) is 5.63. The van der Waals surface area contributed by atoms with Gasteiger partial charge >= 0.3 is 5.97 Å². The summed E-state index contributed by atoms with van der Waals surface area (Å²) in [6.45, 7) is 2.32. The maximum absolute atomic E-state index is 11.6. The van der Waals surface area contributed by atoms with Crippen molar-refractivity contribution in [3.05, 3.63) is 29.3 Å². The fourth-order valence-electron chi connectivity index (χ4n) is 1.69. The molecule has 5 nitrogen and oxygen atoms in total. The van der Waals surface area contributed by atoms with Crippen molar-refractivity contribution in [2.75, 3.05) is 13.7 Å². The van der Waals surface area contributed by atoms with Crippen LogP contribution in [0.25, 0.3) is 0 Å². The van der Waals surface area contributed by atoms with Gasteiger partial charge in [-0.2, -0.15) is 0 Å². The third kappa shape index (κ3) is 5.42. The van der Waals surface area contributed by atoms with Gasteiger partial charge in [0.15, 0.2) is 0 Å². The van der Waals surface area contributed by atoms with Crippen LogP contribution in [0.4, 0.5) is 0 Å². The summed E-state index contributed by atoms with van der Waals surface area (Å²) in [5.74, 6) is -0.204. The third-order valence-electron chi connectivity index (χ3n) is 2.73. The number of amides is 1. The van der Waals surface area contributed by atoms with Crippen molar-refractivity contribution in [3.63, 3.8) is 0 Å². The molecule has 0 fully saturated rings. The Morgan fingerprint density at radius 3 is 2.74 bits per heavy atom. The lowest BCUT2D eigenvalue weighted by atomic mass is 10.1. The van der Waals surface area contributed by atoms with Gasteiger partial charge in [0.25, 0.3) is 0 Å². The lowest BCUT2D eigenvalue weighted by molar-refractivity contribution is -0.137. The monoisotopic (exact) mass is 265 g/mol. The van der Waals surface area contributed by atoms with Crippen LogP contribution in [0, 0.1) is 6.92 Å². The number of aryl methyl sites for hydroxylation is 1. The molecule has 0 spiro atoms. The van der Waals surface area contributed by atoms with E-state index in [-0.39, 0.29) is 18.7 Å². The maximum Gasteiger partial charge on any atom is 0.303 e. The van der Waals surface area contributed by atoms with Crippen LogP contribution in [0.5, 0.6) is 5.75 Å². The highest BCUT2D eigenvalue weighted by atomic mass is 16.5. The van der Waals surface area contributed by atoms with E-state index in [0.29, 0.717) is 13.0 Å². The van der Waals surface area contributed by atoms with E-state index in [2.05, 4.69) is 5.32 Å². The SMILES string of the molecule is COc1cc(CC(=O)NCCCC(=O)O)ccc1C. The van der Waals surface area contributed by atoms with Crippen molar-refractivity contribution in [3.8, 4) is 5.75 Å². The first kappa shape index (κ1) is 15.0. The van der Waals surface area contributed by atoms with Crippen LogP contribution in [-0.4, -0.2) is 30.6 Å². The molecule has 104 valence electrons. The Hall–Kier alpha value is -2.04. The molecule has 0 atom stereocenters. The van der Waals surface area contributed by atoms with Crippen LogP contribution in [0.3, 0.4) is 0 Å². The molecule has 0 saturated heterocycles. The Labute approximate surface area is 112 Å². The normalized spacial score (nSPS) is 10.0. The van der Waals surface area contributed by atoms with Crippen LogP contribution in [0.15, 0.2) is 18.2 Å². The summed E-state index contributed by atoms with van der Waals surface area (Å²) in [5.41, 5.74) is 1.89. The number of carboxylic acid groups (broad SMARTS) is 1. The lowest BCUT2D eigenvalue weighted by Crippen LogP contribution is -2.26. The number of ether oxygens (including phenoxy) is 1. The van der Waals surface area contributed by atoms with Gasteiger partial charge in [-0.25, -0.2) is 0 Å². The van der Waals surface area contributed by atoms with Gasteiger partial charge in [-0.1, -0.05) is 12.1 Å². The van der Waals surface area contributed by atoms with E-state index in [1.807, 2.05) is 25.1 Å². The van der Waals surface area contributed by atoms with Gasteiger partial charge in [0.1, 0.15) is 5.75 Å². The van der Waals surface area contributed by atoms with Crippen molar-refractivity contribution in [2.45, 2.75) is 26.2 Å². The molecule has 1 aromatic carbocycles. The van der Waals surface area contributed by atoms with Crippen molar-refractivity contribution in [1.29, 1.82) is 0 Å². The van der Waals surface area contributed by atoms with Gasteiger partial charge in [0.2, 0.25) is 5.91 Å². The molecule has 0 heterocycles. The molecule has 19 heavy (non-hydrogen) atoms. The number of benzene rings is 1. The van der Waals surface area contributed by atoms with Gasteiger partial charge in [-0.05, 0) is 30.5 Å². The van der Waals surface area contributed by atoms with Crippen molar-refractivity contribution >= 4 is 11.9 Å². The van der Waals surface area contributed by atoms with E-state index in [1.54, 1.807) is 7.11 Å². The summed E-state index contributed by atoms with van der Waals surface area (Å²) < 4.78 is 5.20. The number of hydrogen-bond acceptors (Lipinski definition) is 3. The number of aliphatic carboxylic acids is 1. The summed E-state index contributed by atoms with van der Waals surface area (Å²) in [4.78, 5) is 22.0. The minimum absolute atomic E-state index is 0.0681. The van der Waals surface area contributed by atoms with Crippen LogP contribution in [0.2, 0.25) is 0 Å². The first-order valence-electron chi connectivity index (χ1n) is 6.15. The Kier molecular flexibility index (Phi) is 5.85. The Morgan fingerprint density at radius 2 is 2.11 bits per heavy atom. The molecule has 0 saturated carbocycles. The maximum atomic E-state index is 11.6. The zero-order valence-electron chi connectivity index (χ0n) is 11.2. The zero-order chi connectivity index (χ0) is 14.3. The molecule has 1 rings (SSSR count). The van der Waals surface area contributed by atoms with Gasteiger partial charge in [0.05, 0.1) is 13.5 Å². The van der Waals surface area contributed by atoms with E-state index in [9.17, 15) is 9.59 Å². The van der Waals surface area contributed by atoms with Crippen LogP contribution >= 0.6 is 0 Å². The van der Waals surface area contributed by atoms with E-state index in [1.165, 1.54) is 0 Å². The molecule has 1 amide bonds. The molecule has 0 aliphatic heterocycles. The number of carbonyl (C=O) groups excluding carboxylic acids is 1. The van der Waals surface area contributed by atoms with E-state index >= 15 is 0 Å². The number of carbonyl (C=O) groups is 2. The predicted molar refractivity (Wildman–Crippen MR) is 71.3 cm³/mol. The fourth-order valence-corrected chi connectivity index (χ4v) is 1.69. The zero-order valence-corrected chi connectivity index (χ0v) is 11.2. The molecule has 0 unspecified atom stereocenters. The fraction of sp³-hybridized carbons (Fsp3) is 0.429. The third-order valence-corrected chi connectivity index (χ3v) is 2.73. The smallest absolute Gasteiger partial charge is 0.303 e. The highest BCUT2D eigenvalue weighted by Gasteiger charge is 2.06. The quantitative estimate of drug-likeness (QED) is 0.733. The first-order chi connectivity index (χ1) is 9.02. The Morgan fingerprint density at radius 1 is 1.37 bits per heavy atom. The van der Waals surface area contributed by atoms with Gasteiger partial charge in [-0.15, -0.1) is 0 Å². The lowest BCUT2D eigenvalue weighted by Gasteiger charge is -2.08. The predicted octanol–water partition coefficient (Wildman–Crippen LogP) is 1.53. The van der Waals surface area contributed by atoms with E-state index in [0.717, 1.165) is 16.9 Å². The molecule has 5 heteroatoms. The minimum atomic E-state index is -0.850. The molecule has 2 N–H and O–H groups in total. The number of nitrogens with one attached hydrogen (secondary N) is 1. The summed E-state index contributed by atoms with van der Waals surface area (Å²) in [5, 5.41) is 11.2. The number of hydrogen-bond donors (Lipinski definition) is 2. The highest BCUT2D eigenvalue weighted by Crippen LogP contribution is 2.19. The van der Waals surface area contributed by atoms with E-state index < -0.39 is 5.97 Å². The molecule has 0 aliphatic rings. The summed E-state index contributed by atoms with van der Waals surface area (Å²) >= 11 is 0. The molecular weight excluding hydrogens is 246 g/mol. The Bertz CT molecular complexity index is 457. The summed E-state index contributed by atoms with van der Waals surface area (Å²) in [6.07, 6.45) is 0.778. The molecule has 0 aliphatic carbocycles. The van der Waals surface area contributed by atoms with Gasteiger partial charge < -0.3 is 15.2 Å². The van der Waals surface area contributed by atoms with Gasteiger partial charge in [-0.3, -0.25) is 9.59 Å². The molecule has 1 aromatic rings. The van der Waals surface area contributed by atoms with Crippen molar-refractivity contribution in [1.82, 2.24) is 5.32 Å². The van der Waals surface area contributed by atoms with Crippen LogP contribution in [-0.2, 0) is 16.0 Å². The van der Waals surface area contributed by atoms with Crippen molar-refractivity contribution in [2.24, 2.45) is 0 Å². The van der Waals surface area contributed by atoms with E-state index in [4.69, 9.17) is 9.84 Å². The second-order valence-electron chi connectivity index (χ2n) is 4.33. The van der Waals surface area contributed by atoms with Crippen molar-refractivity contribution < 1.29 is 19.4 Å². The second kappa shape index (κ2) is 7.41. The van der Waals surface area contributed by atoms with Gasteiger partial charge in [0, 0.05) is 13.0 Å². The molecule has 0 aromatic heterocycles. The molecule has 0 radical (unpaired) electrons. The topological polar surface area (TPSA) is 75.6 Å². The first-order valence-corrected chi connectivity index (χ1v) is 6.15. The number of rotatable bonds is 7. The van der Waals surface area contributed by atoms with Crippen LogP contribution < -0.4 is 10.1 Å². The highest BCUT2D eigenvalue weighted by molar-refractivity contribution is 5.78. The molecule has 0 bridgehead atoms. The number of carboxylic acids is 1. The standard InChI is InChI=1S/C14H19NO4/c1-10-5-6-11(8-12(10)19-2)9-13(16)15-7-3-4-14(17)18/h5-6,8H,3-4,7,9H2,1-2H3,(H,15,16)(H,17,18). The second-order valence-corrected chi connectivity index (χ2v) is 4.33. The average molecular weight is 265 g/mol. The Balaban J connectivity index is 2.42. The minimum Gasteiger partial charge on any atom is -0.496 e. The number of methoxy groups -OCH3 is 1. The summed E-state index contributed by atoms with van der Waals surface area (Å²) in [7, 11) is 1.60. The van der Waals surface area contributed by atoms with Crippen LogP contribution in [0.1, 0.15) is 24.0 Å². The molecular formula is C14H19NO4. The largest absolute Gasteiger partial charge is 0.496 e. The average Bonchev–Trinajstić information content (AvgIpc) is 2.37.